The first-order chi connectivity index (χ1) is 14.1. The van der Waals surface area contributed by atoms with Crippen LogP contribution in [0.3, 0.4) is 0 Å². The summed E-state index contributed by atoms with van der Waals surface area (Å²) in [5.74, 6) is -1.41. The lowest BCUT2D eigenvalue weighted by Gasteiger charge is -2.14. The fraction of sp³-hybridized carbons (Fsp3) is 0. The van der Waals surface area contributed by atoms with Crippen LogP contribution in [-0.2, 0) is 0 Å². The molecule has 9 nitrogen and oxygen atoms in total. The van der Waals surface area contributed by atoms with Crippen LogP contribution in [0.5, 0.6) is 5.75 Å². The number of phenols is 1. The summed E-state index contributed by atoms with van der Waals surface area (Å²) in [6, 6.07) is 10.1. The van der Waals surface area contributed by atoms with Gasteiger partial charge in [-0.1, -0.05) is 23.2 Å². The molecule has 11 heteroatoms. The summed E-state index contributed by atoms with van der Waals surface area (Å²) in [6.45, 7) is 0. The predicted octanol–water partition coefficient (Wildman–Crippen LogP) is 4.95. The molecule has 0 bridgehead atoms. The summed E-state index contributed by atoms with van der Waals surface area (Å²) in [4.78, 5) is 32.5. The van der Waals surface area contributed by atoms with E-state index in [1.54, 1.807) is 0 Å². The fourth-order valence-corrected chi connectivity index (χ4v) is 3.43. The summed E-state index contributed by atoms with van der Waals surface area (Å²) in [6.07, 6.45) is 0. The Balaban J connectivity index is 2.26. The first kappa shape index (κ1) is 21.0. The number of non-ortho nitro benzene ring substituents is 2. The van der Waals surface area contributed by atoms with Crippen LogP contribution < -0.4 is 5.73 Å². The first-order valence-corrected chi connectivity index (χ1v) is 8.91. The molecule has 3 N–H and O–H groups in total. The lowest BCUT2D eigenvalue weighted by atomic mass is 9.94. The van der Waals surface area contributed by atoms with Crippen molar-refractivity contribution in [1.29, 1.82) is 0 Å². The van der Waals surface area contributed by atoms with E-state index in [4.69, 9.17) is 28.9 Å². The summed E-state index contributed by atoms with van der Waals surface area (Å²) in [7, 11) is 0. The van der Waals surface area contributed by atoms with Gasteiger partial charge in [0.05, 0.1) is 25.5 Å². The number of halogens is 2. The van der Waals surface area contributed by atoms with Crippen molar-refractivity contribution in [2.45, 2.75) is 0 Å². The maximum atomic E-state index is 11.9. The van der Waals surface area contributed by atoms with Crippen molar-refractivity contribution in [1.82, 2.24) is 0 Å². The van der Waals surface area contributed by atoms with Gasteiger partial charge in [0, 0.05) is 41.0 Å². The summed E-state index contributed by atoms with van der Waals surface area (Å²) in [5, 5.41) is 32.4. The molecule has 0 heterocycles. The van der Waals surface area contributed by atoms with Gasteiger partial charge >= 0.3 is 0 Å². The second-order valence-electron chi connectivity index (χ2n) is 6.13. The Bertz CT molecular complexity index is 1230. The third-order valence-electron chi connectivity index (χ3n) is 4.30. The van der Waals surface area contributed by atoms with Gasteiger partial charge in [-0.15, -0.1) is 0 Å². The van der Waals surface area contributed by atoms with Gasteiger partial charge in [-0.05, 0) is 29.8 Å². The van der Waals surface area contributed by atoms with Gasteiger partial charge in [0.1, 0.15) is 5.75 Å². The maximum Gasteiger partial charge on any atom is 0.270 e. The molecule has 0 radical (unpaired) electrons. The van der Waals surface area contributed by atoms with Crippen molar-refractivity contribution in [3.63, 3.8) is 0 Å². The van der Waals surface area contributed by atoms with E-state index in [1.807, 2.05) is 0 Å². The van der Waals surface area contributed by atoms with Crippen LogP contribution in [0.1, 0.15) is 10.4 Å². The highest BCUT2D eigenvalue weighted by molar-refractivity contribution is 6.34. The number of hydrogen-bond acceptors (Lipinski definition) is 6. The molecule has 3 aromatic rings. The Kier molecular flexibility index (Phi) is 5.59. The average Bonchev–Trinajstić information content (AvgIpc) is 2.68. The fourth-order valence-electron chi connectivity index (χ4n) is 2.87. The van der Waals surface area contributed by atoms with Crippen LogP contribution in [0.15, 0.2) is 48.5 Å². The normalized spacial score (nSPS) is 10.6. The van der Waals surface area contributed by atoms with Gasteiger partial charge < -0.3 is 10.8 Å². The van der Waals surface area contributed by atoms with Crippen LogP contribution in [0.4, 0.5) is 11.4 Å². The maximum absolute atomic E-state index is 11.9. The molecule has 0 aliphatic heterocycles. The summed E-state index contributed by atoms with van der Waals surface area (Å²) < 4.78 is 0. The van der Waals surface area contributed by atoms with Crippen LogP contribution in [0, 0.1) is 20.2 Å². The van der Waals surface area contributed by atoms with Gasteiger partial charge in [-0.25, -0.2) is 0 Å². The minimum atomic E-state index is -0.938. The number of nitro groups is 2. The van der Waals surface area contributed by atoms with Crippen LogP contribution in [0.25, 0.3) is 22.3 Å². The Morgan fingerprint density at radius 3 is 1.77 bits per heavy atom. The molecule has 0 aliphatic carbocycles. The Morgan fingerprint density at radius 2 is 1.33 bits per heavy atom. The molecular formula is C19H11Cl2N3O6. The van der Waals surface area contributed by atoms with Crippen LogP contribution >= 0.6 is 23.2 Å². The van der Waals surface area contributed by atoms with Gasteiger partial charge in [0.2, 0.25) is 0 Å². The predicted molar refractivity (Wildman–Crippen MR) is 111 cm³/mol. The molecule has 0 saturated heterocycles. The summed E-state index contributed by atoms with van der Waals surface area (Å²) >= 11 is 12.3. The van der Waals surface area contributed by atoms with E-state index in [-0.39, 0.29) is 38.1 Å². The number of primary amides is 1. The molecule has 0 aliphatic rings. The smallest absolute Gasteiger partial charge is 0.270 e. The molecule has 3 aromatic carbocycles. The number of carbonyl (C=O) groups is 1. The standard InChI is InChI=1S/C19H11Cl2N3O6/c20-16-7-10(23(27)28)1-3-12(16)9-5-14(18(25)15(6-9)19(22)26)13-4-2-11(24(29)30)8-17(13)21/h1-8,25H,(H2,22,26). The number of nitro benzene ring substituents is 2. The Hall–Kier alpha value is -3.69. The third kappa shape index (κ3) is 3.88. The third-order valence-corrected chi connectivity index (χ3v) is 4.93. The SMILES string of the molecule is NC(=O)c1cc(-c2ccc([N+](=O)[O-])cc2Cl)cc(-c2ccc([N+](=O)[O-])cc2Cl)c1O. The topological polar surface area (TPSA) is 150 Å². The van der Waals surface area contributed by atoms with Gasteiger partial charge in [0.25, 0.3) is 17.3 Å². The van der Waals surface area contributed by atoms with Crippen molar-refractivity contribution in [2.24, 2.45) is 5.73 Å². The number of benzene rings is 3. The van der Waals surface area contributed by atoms with E-state index >= 15 is 0 Å². The van der Waals surface area contributed by atoms with E-state index in [2.05, 4.69) is 0 Å². The highest BCUT2D eigenvalue weighted by Gasteiger charge is 2.21. The van der Waals surface area contributed by atoms with Crippen molar-refractivity contribution >= 4 is 40.5 Å². The zero-order chi connectivity index (χ0) is 22.2. The van der Waals surface area contributed by atoms with Crippen LogP contribution in [-0.4, -0.2) is 20.9 Å². The zero-order valence-electron chi connectivity index (χ0n) is 14.8. The Morgan fingerprint density at radius 1 is 0.833 bits per heavy atom. The van der Waals surface area contributed by atoms with E-state index in [0.29, 0.717) is 11.1 Å². The number of rotatable bonds is 5. The van der Waals surface area contributed by atoms with Crippen molar-refractivity contribution in [3.8, 4) is 28.0 Å². The summed E-state index contributed by atoms with van der Waals surface area (Å²) in [5.41, 5.74) is 5.59. The van der Waals surface area contributed by atoms with E-state index in [0.717, 1.165) is 12.1 Å². The number of hydrogen-bond donors (Lipinski definition) is 2. The second kappa shape index (κ2) is 7.97. The molecule has 0 unspecified atom stereocenters. The zero-order valence-corrected chi connectivity index (χ0v) is 16.3. The van der Waals surface area contributed by atoms with E-state index < -0.39 is 21.5 Å². The molecule has 152 valence electrons. The highest BCUT2D eigenvalue weighted by atomic mass is 35.5. The molecule has 0 aromatic heterocycles. The second-order valence-corrected chi connectivity index (χ2v) is 6.94. The lowest BCUT2D eigenvalue weighted by molar-refractivity contribution is -0.385. The number of nitrogens with zero attached hydrogens (tertiary/aromatic N) is 2. The average molecular weight is 448 g/mol. The lowest BCUT2D eigenvalue weighted by Crippen LogP contribution is -2.11. The minimum Gasteiger partial charge on any atom is -0.506 e. The molecule has 30 heavy (non-hydrogen) atoms. The van der Waals surface area contributed by atoms with Gasteiger partial charge in [0.15, 0.2) is 0 Å². The number of nitrogens with two attached hydrogens (primary N) is 1. The largest absolute Gasteiger partial charge is 0.506 e. The quantitative estimate of drug-likeness (QED) is 0.417. The number of carbonyl (C=O) groups excluding carboxylic acids is 1. The van der Waals surface area contributed by atoms with Crippen molar-refractivity contribution in [3.05, 3.63) is 84.4 Å². The van der Waals surface area contributed by atoms with Crippen molar-refractivity contribution < 1.29 is 19.7 Å². The van der Waals surface area contributed by atoms with Crippen LogP contribution in [0.2, 0.25) is 10.0 Å². The monoisotopic (exact) mass is 447 g/mol. The highest BCUT2D eigenvalue weighted by Crippen LogP contribution is 2.42. The molecule has 0 spiro atoms. The van der Waals surface area contributed by atoms with E-state index in [9.17, 15) is 30.1 Å². The van der Waals surface area contributed by atoms with E-state index in [1.165, 1.54) is 36.4 Å². The van der Waals surface area contributed by atoms with Gasteiger partial charge in [-0.2, -0.15) is 0 Å². The van der Waals surface area contributed by atoms with Crippen molar-refractivity contribution in [2.75, 3.05) is 0 Å². The first-order valence-electron chi connectivity index (χ1n) is 8.15. The number of aromatic hydroxyl groups is 1. The minimum absolute atomic E-state index is 0.0334. The molecular weight excluding hydrogens is 437 g/mol. The Labute approximate surface area is 178 Å². The molecule has 0 saturated carbocycles. The number of amides is 1. The molecule has 0 fully saturated rings. The molecule has 3 rings (SSSR count). The molecule has 1 amide bonds. The molecule has 0 atom stereocenters. The van der Waals surface area contributed by atoms with Gasteiger partial charge in [-0.3, -0.25) is 25.0 Å².